The van der Waals surface area contributed by atoms with E-state index in [4.69, 9.17) is 4.74 Å². The molecule has 0 atom stereocenters. The van der Waals surface area contributed by atoms with Gasteiger partial charge in [-0.1, -0.05) is 6.08 Å². The van der Waals surface area contributed by atoms with Crippen molar-refractivity contribution in [2.45, 2.75) is 25.6 Å². The maximum atomic E-state index is 13.3. The maximum Gasteiger partial charge on any atom is 0.419 e. The molecular weight excluding hydrogens is 236 g/mol. The summed E-state index contributed by atoms with van der Waals surface area (Å²) in [6.45, 7) is 3.48. The molecule has 1 aromatic rings. The molecule has 0 saturated heterocycles. The monoisotopic (exact) mass is 246 g/mol. The molecule has 2 rings (SSSR count). The van der Waals surface area contributed by atoms with Crippen molar-refractivity contribution >= 4 is 6.08 Å². The third-order valence-corrected chi connectivity index (χ3v) is 2.44. The Morgan fingerprint density at radius 3 is 2.41 bits per heavy atom. The summed E-state index contributed by atoms with van der Waals surface area (Å²) >= 11 is 0. The Morgan fingerprint density at radius 2 is 1.82 bits per heavy atom. The lowest BCUT2D eigenvalue weighted by Crippen LogP contribution is -2.27. The molecule has 0 radical (unpaired) electrons. The van der Waals surface area contributed by atoms with Crippen LogP contribution in [0.4, 0.5) is 17.6 Å². The van der Waals surface area contributed by atoms with Crippen molar-refractivity contribution in [1.29, 1.82) is 0 Å². The number of benzene rings is 1. The van der Waals surface area contributed by atoms with Crippen molar-refractivity contribution in [3.05, 3.63) is 35.2 Å². The lowest BCUT2D eigenvalue weighted by Gasteiger charge is -2.28. The van der Waals surface area contributed by atoms with Crippen LogP contribution >= 0.6 is 0 Å². The first-order chi connectivity index (χ1) is 7.69. The molecule has 0 spiro atoms. The minimum absolute atomic E-state index is 0.128. The number of halogens is 4. The molecule has 0 saturated carbocycles. The molecule has 1 aromatic carbocycles. The van der Waals surface area contributed by atoms with Gasteiger partial charge in [-0.2, -0.15) is 13.2 Å². The summed E-state index contributed by atoms with van der Waals surface area (Å²) in [6.07, 6.45) is -1.55. The van der Waals surface area contributed by atoms with Crippen LogP contribution in [-0.2, 0) is 6.18 Å². The largest absolute Gasteiger partial charge is 0.483 e. The molecule has 0 unspecified atom stereocenters. The number of fused-ring (bicyclic) bond motifs is 1. The van der Waals surface area contributed by atoms with Crippen molar-refractivity contribution in [2.75, 3.05) is 0 Å². The van der Waals surface area contributed by atoms with Crippen molar-refractivity contribution in [1.82, 2.24) is 0 Å². The van der Waals surface area contributed by atoms with E-state index in [-0.39, 0.29) is 11.3 Å². The van der Waals surface area contributed by atoms with E-state index in [1.54, 1.807) is 19.9 Å². The Labute approximate surface area is 95.7 Å². The fourth-order valence-electron chi connectivity index (χ4n) is 1.62. The van der Waals surface area contributed by atoms with Gasteiger partial charge in [-0.15, -0.1) is 0 Å². The van der Waals surface area contributed by atoms with Crippen LogP contribution < -0.4 is 4.74 Å². The molecule has 1 heterocycles. The van der Waals surface area contributed by atoms with Crippen molar-refractivity contribution in [3.8, 4) is 5.75 Å². The maximum absolute atomic E-state index is 13.3. The highest BCUT2D eigenvalue weighted by Crippen LogP contribution is 2.38. The molecule has 1 nitrogen and oxygen atoms in total. The summed E-state index contributed by atoms with van der Waals surface area (Å²) in [7, 11) is 0. The summed E-state index contributed by atoms with van der Waals surface area (Å²) < 4.78 is 56.1. The molecular formula is C12H10F4O. The average Bonchev–Trinajstić information content (AvgIpc) is 2.13. The Bertz CT molecular complexity index is 486. The molecule has 92 valence electrons. The normalized spacial score (nSPS) is 17.5. The summed E-state index contributed by atoms with van der Waals surface area (Å²) in [6, 6.07) is 1.54. The molecule has 0 aromatic heterocycles. The van der Waals surface area contributed by atoms with Crippen molar-refractivity contribution < 1.29 is 22.3 Å². The minimum atomic E-state index is -4.69. The van der Waals surface area contributed by atoms with Crippen LogP contribution in [0.5, 0.6) is 5.75 Å². The summed E-state index contributed by atoms with van der Waals surface area (Å²) in [4.78, 5) is 0. The Hall–Kier alpha value is -1.52. The zero-order valence-corrected chi connectivity index (χ0v) is 9.23. The van der Waals surface area contributed by atoms with Gasteiger partial charge in [0.05, 0.1) is 5.56 Å². The van der Waals surface area contributed by atoms with E-state index in [9.17, 15) is 17.6 Å². The number of rotatable bonds is 0. The van der Waals surface area contributed by atoms with Gasteiger partial charge in [-0.3, -0.25) is 0 Å². The average molecular weight is 246 g/mol. The number of hydrogen-bond acceptors (Lipinski definition) is 1. The third kappa shape index (κ3) is 2.28. The van der Waals surface area contributed by atoms with E-state index in [1.165, 1.54) is 6.08 Å². The zero-order valence-electron chi connectivity index (χ0n) is 9.23. The summed E-state index contributed by atoms with van der Waals surface area (Å²) in [5.41, 5.74) is -1.68. The van der Waals surface area contributed by atoms with Crippen LogP contribution in [-0.4, -0.2) is 5.60 Å². The third-order valence-electron chi connectivity index (χ3n) is 2.44. The molecule has 5 heteroatoms. The Balaban J connectivity index is 2.53. The second kappa shape index (κ2) is 3.48. The standard InChI is InChI=1S/C12H10F4O/c1-11(2)4-3-7-5-8(12(14,15)16)9(13)6-10(7)17-11/h3-6H,1-2H3. The van der Waals surface area contributed by atoms with E-state index < -0.39 is 23.2 Å². The molecule has 1 aliphatic rings. The quantitative estimate of drug-likeness (QED) is 0.628. The van der Waals surface area contributed by atoms with Crippen molar-refractivity contribution in [2.24, 2.45) is 0 Å². The van der Waals surface area contributed by atoms with E-state index in [0.29, 0.717) is 0 Å². The van der Waals surface area contributed by atoms with E-state index in [2.05, 4.69) is 0 Å². The first kappa shape index (κ1) is 12.0. The molecule has 0 aliphatic carbocycles. The van der Waals surface area contributed by atoms with Gasteiger partial charge in [-0.25, -0.2) is 4.39 Å². The first-order valence-electron chi connectivity index (χ1n) is 4.98. The zero-order chi connectivity index (χ0) is 12.8. The number of hydrogen-bond donors (Lipinski definition) is 0. The fourth-order valence-corrected chi connectivity index (χ4v) is 1.62. The second-order valence-electron chi connectivity index (χ2n) is 4.41. The second-order valence-corrected chi connectivity index (χ2v) is 4.41. The fraction of sp³-hybridized carbons (Fsp3) is 0.333. The molecule has 17 heavy (non-hydrogen) atoms. The van der Waals surface area contributed by atoms with Crippen LogP contribution in [0.25, 0.3) is 6.08 Å². The molecule has 0 N–H and O–H groups in total. The predicted molar refractivity (Wildman–Crippen MR) is 55.1 cm³/mol. The van der Waals surface area contributed by atoms with Crippen LogP contribution in [0.1, 0.15) is 25.0 Å². The SMILES string of the molecule is CC1(C)C=Cc2cc(C(F)(F)F)c(F)cc2O1. The molecule has 0 bridgehead atoms. The molecule has 1 aliphatic heterocycles. The lowest BCUT2D eigenvalue weighted by atomic mass is 10.0. The smallest absolute Gasteiger partial charge is 0.419 e. The van der Waals surface area contributed by atoms with Gasteiger partial charge in [0.1, 0.15) is 17.2 Å². The number of alkyl halides is 3. The Kier molecular flexibility index (Phi) is 2.45. The van der Waals surface area contributed by atoms with Gasteiger partial charge in [-0.05, 0) is 26.0 Å². The van der Waals surface area contributed by atoms with Gasteiger partial charge in [0.25, 0.3) is 0 Å². The van der Waals surface area contributed by atoms with E-state index in [1.807, 2.05) is 0 Å². The van der Waals surface area contributed by atoms with Crippen LogP contribution in [0.2, 0.25) is 0 Å². The van der Waals surface area contributed by atoms with Crippen LogP contribution in [0.3, 0.4) is 0 Å². The lowest BCUT2D eigenvalue weighted by molar-refractivity contribution is -0.140. The highest BCUT2D eigenvalue weighted by atomic mass is 19.4. The summed E-state index contributed by atoms with van der Waals surface area (Å²) in [5, 5.41) is 0. The van der Waals surface area contributed by atoms with E-state index >= 15 is 0 Å². The minimum Gasteiger partial charge on any atom is -0.483 e. The predicted octanol–water partition coefficient (Wildman–Crippen LogP) is 4.03. The topological polar surface area (TPSA) is 9.23 Å². The van der Waals surface area contributed by atoms with Crippen molar-refractivity contribution in [3.63, 3.8) is 0 Å². The Morgan fingerprint density at radius 1 is 1.18 bits per heavy atom. The van der Waals surface area contributed by atoms with Crippen LogP contribution in [0.15, 0.2) is 18.2 Å². The first-order valence-corrected chi connectivity index (χ1v) is 4.98. The highest BCUT2D eigenvalue weighted by molar-refractivity contribution is 5.62. The van der Waals surface area contributed by atoms with Gasteiger partial charge in [0, 0.05) is 11.6 Å². The van der Waals surface area contributed by atoms with Crippen LogP contribution in [0, 0.1) is 5.82 Å². The number of ether oxygens (including phenoxy) is 1. The van der Waals surface area contributed by atoms with Gasteiger partial charge < -0.3 is 4.74 Å². The van der Waals surface area contributed by atoms with Gasteiger partial charge in [0.2, 0.25) is 0 Å². The molecule has 0 amide bonds. The molecule has 0 fully saturated rings. The van der Waals surface area contributed by atoms with E-state index in [0.717, 1.165) is 12.1 Å². The highest BCUT2D eigenvalue weighted by Gasteiger charge is 2.36. The van der Waals surface area contributed by atoms with Gasteiger partial charge in [0.15, 0.2) is 0 Å². The summed E-state index contributed by atoms with van der Waals surface area (Å²) in [5.74, 6) is -1.19. The van der Waals surface area contributed by atoms with Gasteiger partial charge >= 0.3 is 6.18 Å².